The fourth-order valence-corrected chi connectivity index (χ4v) is 4.75. The smallest absolute Gasteiger partial charge is 0.254 e. The molecule has 2 saturated heterocycles. The number of pyridine rings is 1. The SMILES string of the molecule is COc1ccc(C(CNc2cc(C(=O)N3CCOCC3)c3ccccc3n2)N2CCOCC2)cc1. The Labute approximate surface area is 205 Å². The van der Waals surface area contributed by atoms with Gasteiger partial charge in [-0.25, -0.2) is 4.98 Å². The summed E-state index contributed by atoms with van der Waals surface area (Å²) in [5.74, 6) is 1.56. The fraction of sp³-hybridized carbons (Fsp3) is 0.407. The Bertz CT molecular complexity index is 1140. The van der Waals surface area contributed by atoms with Crippen LogP contribution in [-0.4, -0.2) is 87.0 Å². The number of fused-ring (bicyclic) bond motifs is 1. The summed E-state index contributed by atoms with van der Waals surface area (Å²) in [6, 6.07) is 18.1. The molecule has 2 fully saturated rings. The summed E-state index contributed by atoms with van der Waals surface area (Å²) in [7, 11) is 1.68. The molecule has 1 unspecified atom stereocenters. The summed E-state index contributed by atoms with van der Waals surface area (Å²) >= 11 is 0. The number of nitrogens with zero attached hydrogens (tertiary/aromatic N) is 3. The second-order valence-corrected chi connectivity index (χ2v) is 8.79. The Balaban J connectivity index is 1.42. The van der Waals surface area contributed by atoms with Gasteiger partial charge >= 0.3 is 0 Å². The predicted molar refractivity (Wildman–Crippen MR) is 135 cm³/mol. The van der Waals surface area contributed by atoms with Crippen molar-refractivity contribution in [2.45, 2.75) is 6.04 Å². The van der Waals surface area contributed by atoms with E-state index in [4.69, 9.17) is 19.2 Å². The van der Waals surface area contributed by atoms with Gasteiger partial charge in [-0.3, -0.25) is 9.69 Å². The third-order valence-electron chi connectivity index (χ3n) is 6.71. The molecular weight excluding hydrogens is 444 g/mol. The van der Waals surface area contributed by atoms with Crippen LogP contribution in [0.15, 0.2) is 54.6 Å². The number of carbonyl (C=O) groups excluding carboxylic acids is 1. The number of nitrogens with one attached hydrogen (secondary N) is 1. The first-order valence-corrected chi connectivity index (χ1v) is 12.2. The largest absolute Gasteiger partial charge is 0.497 e. The van der Waals surface area contributed by atoms with Gasteiger partial charge in [-0.1, -0.05) is 30.3 Å². The number of ether oxygens (including phenoxy) is 3. The minimum absolute atomic E-state index is 0.0230. The highest BCUT2D eigenvalue weighted by Gasteiger charge is 2.24. The number of rotatable bonds is 7. The zero-order valence-electron chi connectivity index (χ0n) is 20.1. The molecule has 1 atom stereocenters. The molecule has 2 aliphatic heterocycles. The molecule has 2 aliphatic rings. The van der Waals surface area contributed by atoms with E-state index >= 15 is 0 Å². The van der Waals surface area contributed by atoms with E-state index in [2.05, 4.69) is 22.3 Å². The van der Waals surface area contributed by atoms with Crippen LogP contribution in [0.2, 0.25) is 0 Å². The lowest BCUT2D eigenvalue weighted by molar-refractivity contribution is 0.0187. The van der Waals surface area contributed by atoms with Crippen LogP contribution in [0.3, 0.4) is 0 Å². The number of hydrogen-bond acceptors (Lipinski definition) is 7. The van der Waals surface area contributed by atoms with Gasteiger partial charge in [0.1, 0.15) is 11.6 Å². The molecule has 3 heterocycles. The summed E-state index contributed by atoms with van der Waals surface area (Å²) in [6.45, 7) is 6.19. The molecular formula is C27H32N4O4. The van der Waals surface area contributed by atoms with E-state index in [1.165, 1.54) is 5.56 Å². The minimum Gasteiger partial charge on any atom is -0.497 e. The van der Waals surface area contributed by atoms with Crippen molar-refractivity contribution < 1.29 is 19.0 Å². The lowest BCUT2D eigenvalue weighted by atomic mass is 10.0. The van der Waals surface area contributed by atoms with Gasteiger partial charge in [0.15, 0.2) is 0 Å². The molecule has 1 N–H and O–H groups in total. The average Bonchev–Trinajstić information content (AvgIpc) is 2.93. The fourth-order valence-electron chi connectivity index (χ4n) is 4.75. The lowest BCUT2D eigenvalue weighted by Gasteiger charge is -2.35. The van der Waals surface area contributed by atoms with Gasteiger partial charge in [0.25, 0.3) is 5.91 Å². The summed E-state index contributed by atoms with van der Waals surface area (Å²) < 4.78 is 16.4. The number of hydrogen-bond donors (Lipinski definition) is 1. The normalized spacial score (nSPS) is 17.8. The van der Waals surface area contributed by atoms with Crippen molar-refractivity contribution in [3.63, 3.8) is 0 Å². The van der Waals surface area contributed by atoms with Crippen LogP contribution >= 0.6 is 0 Å². The second-order valence-electron chi connectivity index (χ2n) is 8.79. The molecule has 2 aromatic carbocycles. The Morgan fingerprint density at radius 1 is 1.00 bits per heavy atom. The maximum Gasteiger partial charge on any atom is 0.254 e. The highest BCUT2D eigenvalue weighted by atomic mass is 16.5. The first-order valence-electron chi connectivity index (χ1n) is 12.2. The standard InChI is InChI=1S/C27H32N4O4/c1-33-21-8-6-20(7-9-21)25(30-10-14-34-15-11-30)19-28-26-18-23(22-4-2-3-5-24(22)29-26)27(32)31-12-16-35-17-13-31/h2-9,18,25H,10-17,19H2,1H3,(H,28,29). The third kappa shape index (κ3) is 5.40. The van der Waals surface area contributed by atoms with E-state index in [1.807, 2.05) is 47.4 Å². The van der Waals surface area contributed by atoms with Gasteiger partial charge in [0.05, 0.1) is 50.7 Å². The highest BCUT2D eigenvalue weighted by Crippen LogP contribution is 2.27. The maximum atomic E-state index is 13.4. The van der Waals surface area contributed by atoms with Gasteiger partial charge in [0, 0.05) is 38.1 Å². The Hall–Kier alpha value is -3.20. The molecule has 35 heavy (non-hydrogen) atoms. The number of amides is 1. The molecule has 0 bridgehead atoms. The van der Waals surface area contributed by atoms with E-state index in [1.54, 1.807) is 7.11 Å². The van der Waals surface area contributed by atoms with E-state index in [0.29, 0.717) is 44.2 Å². The average molecular weight is 477 g/mol. The maximum absolute atomic E-state index is 13.4. The first kappa shape index (κ1) is 23.5. The van der Waals surface area contributed by atoms with Crippen molar-refractivity contribution in [1.29, 1.82) is 0 Å². The Morgan fingerprint density at radius 2 is 1.69 bits per heavy atom. The molecule has 1 aromatic heterocycles. The van der Waals surface area contributed by atoms with Crippen LogP contribution in [0.25, 0.3) is 10.9 Å². The van der Waals surface area contributed by atoms with Crippen molar-refractivity contribution in [3.8, 4) is 5.75 Å². The van der Waals surface area contributed by atoms with E-state index in [-0.39, 0.29) is 11.9 Å². The Morgan fingerprint density at radius 3 is 2.40 bits per heavy atom. The van der Waals surface area contributed by atoms with E-state index in [9.17, 15) is 4.79 Å². The van der Waals surface area contributed by atoms with Crippen LogP contribution in [0, 0.1) is 0 Å². The molecule has 0 aliphatic carbocycles. The third-order valence-corrected chi connectivity index (χ3v) is 6.71. The van der Waals surface area contributed by atoms with Gasteiger partial charge in [-0.2, -0.15) is 0 Å². The Kier molecular flexibility index (Phi) is 7.42. The molecule has 5 rings (SSSR count). The van der Waals surface area contributed by atoms with Crippen molar-refractivity contribution in [2.24, 2.45) is 0 Å². The van der Waals surface area contributed by atoms with Crippen LogP contribution < -0.4 is 10.1 Å². The van der Waals surface area contributed by atoms with Crippen LogP contribution in [0.1, 0.15) is 22.0 Å². The molecule has 0 radical (unpaired) electrons. The molecule has 8 nitrogen and oxygen atoms in total. The summed E-state index contributed by atoms with van der Waals surface area (Å²) in [5, 5.41) is 4.41. The zero-order chi connectivity index (χ0) is 24.0. The second kappa shape index (κ2) is 11.0. The lowest BCUT2D eigenvalue weighted by Crippen LogP contribution is -2.41. The number of carbonyl (C=O) groups is 1. The van der Waals surface area contributed by atoms with Crippen molar-refractivity contribution in [3.05, 3.63) is 65.7 Å². The number of anilines is 1. The monoisotopic (exact) mass is 476 g/mol. The quantitative estimate of drug-likeness (QED) is 0.561. The molecule has 0 saturated carbocycles. The topological polar surface area (TPSA) is 76.2 Å². The van der Waals surface area contributed by atoms with Crippen molar-refractivity contribution in [2.75, 3.05) is 71.6 Å². The summed E-state index contributed by atoms with van der Waals surface area (Å²) in [6.07, 6.45) is 0. The first-order chi connectivity index (χ1) is 17.2. The zero-order valence-corrected chi connectivity index (χ0v) is 20.1. The molecule has 8 heteroatoms. The van der Waals surface area contributed by atoms with Crippen molar-refractivity contribution in [1.82, 2.24) is 14.8 Å². The van der Waals surface area contributed by atoms with Crippen LogP contribution in [0.4, 0.5) is 5.82 Å². The summed E-state index contributed by atoms with van der Waals surface area (Å²) in [5.41, 5.74) is 2.68. The van der Waals surface area contributed by atoms with E-state index < -0.39 is 0 Å². The van der Waals surface area contributed by atoms with E-state index in [0.717, 1.165) is 43.0 Å². The number of aromatic nitrogens is 1. The van der Waals surface area contributed by atoms with Crippen LogP contribution in [0.5, 0.6) is 5.75 Å². The molecule has 0 spiro atoms. The number of para-hydroxylation sites is 1. The minimum atomic E-state index is 0.0230. The highest BCUT2D eigenvalue weighted by molar-refractivity contribution is 6.07. The predicted octanol–water partition coefficient (Wildman–Crippen LogP) is 3.20. The van der Waals surface area contributed by atoms with Gasteiger partial charge in [-0.15, -0.1) is 0 Å². The molecule has 184 valence electrons. The van der Waals surface area contributed by atoms with Gasteiger partial charge in [-0.05, 0) is 29.8 Å². The number of benzene rings is 2. The van der Waals surface area contributed by atoms with Gasteiger partial charge < -0.3 is 24.4 Å². The molecule has 3 aromatic rings. The molecule has 1 amide bonds. The van der Waals surface area contributed by atoms with Crippen molar-refractivity contribution >= 4 is 22.6 Å². The summed E-state index contributed by atoms with van der Waals surface area (Å²) in [4.78, 5) is 22.5. The number of morpholine rings is 2. The van der Waals surface area contributed by atoms with Gasteiger partial charge in [0.2, 0.25) is 0 Å². The van der Waals surface area contributed by atoms with Crippen LogP contribution in [-0.2, 0) is 9.47 Å². The number of methoxy groups -OCH3 is 1.